The van der Waals surface area contributed by atoms with Crippen LogP contribution in [0.25, 0.3) is 0 Å². The maximum absolute atomic E-state index is 11.5. The van der Waals surface area contributed by atoms with Crippen molar-refractivity contribution in [3.63, 3.8) is 0 Å². The van der Waals surface area contributed by atoms with Crippen LogP contribution in [0, 0.1) is 10.8 Å². The Morgan fingerprint density at radius 2 is 1.89 bits per heavy atom. The normalized spacial score (nSPS) is 33.7. The van der Waals surface area contributed by atoms with Crippen molar-refractivity contribution in [2.24, 2.45) is 16.6 Å². The monoisotopic (exact) mass is 270 g/mol. The number of carboxylic acid groups (broad SMARTS) is 1. The number of nitrogens with one attached hydrogen (secondary N) is 1. The van der Waals surface area contributed by atoms with Crippen LogP contribution in [0.3, 0.4) is 0 Å². The Morgan fingerprint density at radius 3 is 2.32 bits per heavy atom. The highest BCUT2D eigenvalue weighted by atomic mass is 16.6. The van der Waals surface area contributed by atoms with Gasteiger partial charge in [-0.05, 0) is 50.9 Å². The molecule has 0 aromatic rings. The van der Waals surface area contributed by atoms with E-state index >= 15 is 0 Å². The van der Waals surface area contributed by atoms with Crippen LogP contribution in [-0.4, -0.2) is 35.4 Å². The minimum absolute atomic E-state index is 0.0456. The fourth-order valence-electron chi connectivity index (χ4n) is 3.44. The molecule has 0 aromatic heterocycles. The largest absolute Gasteiger partial charge is 0.480 e. The highest BCUT2D eigenvalue weighted by molar-refractivity contribution is 5.75. The summed E-state index contributed by atoms with van der Waals surface area (Å²) in [7, 11) is 0. The molecule has 3 aliphatic rings. The minimum atomic E-state index is -0.937. The van der Waals surface area contributed by atoms with Crippen molar-refractivity contribution in [3.8, 4) is 0 Å². The standard InChI is InChI=1S/C13H22N2O4/c1-11(2,3)19-10(18)15-7-12-4-13(5-12,6-12)8(14)9(16)17/h8H,4-7,14H2,1-3H3,(H,15,18)(H,16,17). The van der Waals surface area contributed by atoms with Gasteiger partial charge in [0.1, 0.15) is 11.6 Å². The third-order valence-electron chi connectivity index (χ3n) is 4.11. The molecule has 1 amide bonds. The van der Waals surface area contributed by atoms with Crippen LogP contribution >= 0.6 is 0 Å². The molecule has 3 saturated carbocycles. The first-order valence-corrected chi connectivity index (χ1v) is 6.53. The molecule has 0 heterocycles. The SMILES string of the molecule is CC(C)(C)OC(=O)NCC12CC(C(N)C(=O)O)(C1)C2. The predicted octanol–water partition coefficient (Wildman–Crippen LogP) is 1.09. The molecular weight excluding hydrogens is 248 g/mol. The number of alkyl carbamates (subject to hydrolysis) is 1. The number of ether oxygens (including phenoxy) is 1. The van der Waals surface area contributed by atoms with E-state index in [0.717, 1.165) is 19.3 Å². The Balaban J connectivity index is 1.75. The second-order valence-corrected chi connectivity index (χ2v) is 7.06. The molecular formula is C13H22N2O4. The zero-order chi connectivity index (χ0) is 14.5. The minimum Gasteiger partial charge on any atom is -0.480 e. The van der Waals surface area contributed by atoms with E-state index in [1.807, 2.05) is 20.8 Å². The zero-order valence-corrected chi connectivity index (χ0v) is 11.7. The van der Waals surface area contributed by atoms with Gasteiger partial charge in [0.15, 0.2) is 0 Å². The summed E-state index contributed by atoms with van der Waals surface area (Å²) in [5.74, 6) is -0.937. The number of rotatable bonds is 4. The first-order valence-electron chi connectivity index (χ1n) is 6.53. The van der Waals surface area contributed by atoms with Gasteiger partial charge >= 0.3 is 12.1 Å². The summed E-state index contributed by atoms with van der Waals surface area (Å²) < 4.78 is 5.16. The Hall–Kier alpha value is -1.30. The van der Waals surface area contributed by atoms with Crippen molar-refractivity contribution >= 4 is 12.1 Å². The summed E-state index contributed by atoms with van der Waals surface area (Å²) in [4.78, 5) is 22.4. The highest BCUT2D eigenvalue weighted by Crippen LogP contribution is 2.74. The molecule has 3 fully saturated rings. The summed E-state index contributed by atoms with van der Waals surface area (Å²) in [5.41, 5.74) is 4.99. The lowest BCUT2D eigenvalue weighted by Gasteiger charge is -2.72. The summed E-state index contributed by atoms with van der Waals surface area (Å²) in [6.45, 7) is 5.98. The first kappa shape index (κ1) is 14.1. The molecule has 1 atom stereocenters. The maximum Gasteiger partial charge on any atom is 0.407 e. The van der Waals surface area contributed by atoms with Gasteiger partial charge in [-0.1, -0.05) is 0 Å². The molecule has 0 radical (unpaired) electrons. The summed E-state index contributed by atoms with van der Waals surface area (Å²) in [5, 5.41) is 11.7. The number of nitrogens with two attached hydrogens (primary N) is 1. The van der Waals surface area contributed by atoms with Gasteiger partial charge in [-0.15, -0.1) is 0 Å². The van der Waals surface area contributed by atoms with Crippen LogP contribution in [0.4, 0.5) is 4.79 Å². The molecule has 2 bridgehead atoms. The number of amides is 1. The lowest BCUT2D eigenvalue weighted by atomic mass is 9.33. The fraction of sp³-hybridized carbons (Fsp3) is 0.846. The van der Waals surface area contributed by atoms with E-state index < -0.39 is 23.7 Å². The second-order valence-electron chi connectivity index (χ2n) is 7.06. The molecule has 0 spiro atoms. The number of aliphatic carboxylic acids is 1. The van der Waals surface area contributed by atoms with Crippen molar-refractivity contribution < 1.29 is 19.4 Å². The van der Waals surface area contributed by atoms with Crippen LogP contribution in [0.15, 0.2) is 0 Å². The van der Waals surface area contributed by atoms with Crippen LogP contribution in [0.1, 0.15) is 40.0 Å². The van der Waals surface area contributed by atoms with Crippen LogP contribution < -0.4 is 11.1 Å². The first-order chi connectivity index (χ1) is 8.58. The van der Waals surface area contributed by atoms with Gasteiger partial charge in [0.2, 0.25) is 0 Å². The third kappa shape index (κ3) is 2.54. The van der Waals surface area contributed by atoms with Crippen LogP contribution in [-0.2, 0) is 9.53 Å². The molecule has 0 saturated heterocycles. The highest BCUT2D eigenvalue weighted by Gasteiger charge is 2.70. The third-order valence-corrected chi connectivity index (χ3v) is 4.11. The van der Waals surface area contributed by atoms with Crippen molar-refractivity contribution in [2.75, 3.05) is 6.54 Å². The maximum atomic E-state index is 11.5. The van der Waals surface area contributed by atoms with Gasteiger partial charge in [0.25, 0.3) is 0 Å². The van der Waals surface area contributed by atoms with Crippen molar-refractivity contribution in [3.05, 3.63) is 0 Å². The van der Waals surface area contributed by atoms with Crippen molar-refractivity contribution in [2.45, 2.75) is 51.7 Å². The number of carbonyl (C=O) groups is 2. The molecule has 3 aliphatic carbocycles. The Bertz CT molecular complexity index is 394. The van der Waals surface area contributed by atoms with Gasteiger partial charge in [0, 0.05) is 6.54 Å². The van der Waals surface area contributed by atoms with Gasteiger partial charge < -0.3 is 20.9 Å². The molecule has 6 nitrogen and oxygen atoms in total. The van der Waals surface area contributed by atoms with E-state index in [1.165, 1.54) is 0 Å². The molecule has 0 aliphatic heterocycles. The predicted molar refractivity (Wildman–Crippen MR) is 68.6 cm³/mol. The molecule has 1 unspecified atom stereocenters. The number of carboxylic acids is 1. The van der Waals surface area contributed by atoms with E-state index in [9.17, 15) is 9.59 Å². The second kappa shape index (κ2) is 4.10. The van der Waals surface area contributed by atoms with Crippen molar-refractivity contribution in [1.29, 1.82) is 0 Å². The summed E-state index contributed by atoms with van der Waals surface area (Å²) in [6, 6.07) is -0.782. The fourth-order valence-corrected chi connectivity index (χ4v) is 3.44. The number of carbonyl (C=O) groups excluding carboxylic acids is 1. The van der Waals surface area contributed by atoms with E-state index in [-0.39, 0.29) is 10.8 Å². The Kier molecular flexibility index (Phi) is 3.04. The molecule has 4 N–H and O–H groups in total. The van der Waals surface area contributed by atoms with E-state index in [2.05, 4.69) is 5.32 Å². The number of hydrogen-bond donors (Lipinski definition) is 3. The zero-order valence-electron chi connectivity index (χ0n) is 11.7. The van der Waals surface area contributed by atoms with Gasteiger partial charge in [-0.2, -0.15) is 0 Å². The summed E-state index contributed by atoms with van der Waals surface area (Å²) >= 11 is 0. The lowest BCUT2D eigenvalue weighted by Crippen LogP contribution is -2.72. The Morgan fingerprint density at radius 1 is 1.37 bits per heavy atom. The van der Waals surface area contributed by atoms with Crippen LogP contribution in [0.2, 0.25) is 0 Å². The average Bonchev–Trinajstić information content (AvgIpc) is 2.09. The molecule has 6 heteroatoms. The topological polar surface area (TPSA) is 102 Å². The quantitative estimate of drug-likeness (QED) is 0.710. The number of hydrogen-bond acceptors (Lipinski definition) is 4. The molecule has 19 heavy (non-hydrogen) atoms. The average molecular weight is 270 g/mol. The van der Waals surface area contributed by atoms with Gasteiger partial charge in [0.05, 0.1) is 0 Å². The molecule has 108 valence electrons. The van der Waals surface area contributed by atoms with E-state index in [0.29, 0.717) is 6.54 Å². The summed E-state index contributed by atoms with van der Waals surface area (Å²) in [6.07, 6.45) is 1.92. The molecule has 0 aromatic carbocycles. The lowest BCUT2D eigenvalue weighted by molar-refractivity contribution is -0.217. The molecule has 3 rings (SSSR count). The van der Waals surface area contributed by atoms with Crippen molar-refractivity contribution in [1.82, 2.24) is 5.32 Å². The Labute approximate surface area is 112 Å². The van der Waals surface area contributed by atoms with Gasteiger partial charge in [-0.3, -0.25) is 4.79 Å². The van der Waals surface area contributed by atoms with E-state index in [1.54, 1.807) is 0 Å². The van der Waals surface area contributed by atoms with Crippen LogP contribution in [0.5, 0.6) is 0 Å². The van der Waals surface area contributed by atoms with E-state index in [4.69, 9.17) is 15.6 Å². The smallest absolute Gasteiger partial charge is 0.407 e. The van der Waals surface area contributed by atoms with Gasteiger partial charge in [-0.25, -0.2) is 4.79 Å².